The molecule has 2 aromatic heterocycles. The van der Waals surface area contributed by atoms with E-state index in [9.17, 15) is 10.1 Å². The van der Waals surface area contributed by atoms with E-state index in [1.165, 1.54) is 29.7 Å². The number of hydrogen-bond donors (Lipinski definition) is 0. The molecule has 4 nitrogen and oxygen atoms in total. The molecule has 0 amide bonds. The van der Waals surface area contributed by atoms with E-state index < -0.39 is 0 Å². The molecule has 2 heterocycles. The molecule has 0 saturated carbocycles. The van der Waals surface area contributed by atoms with E-state index in [1.54, 1.807) is 16.3 Å². The third-order valence-electron chi connectivity index (χ3n) is 3.92. The van der Waals surface area contributed by atoms with Crippen molar-refractivity contribution in [1.82, 2.24) is 9.55 Å². The lowest BCUT2D eigenvalue weighted by Crippen LogP contribution is -2.16. The lowest BCUT2D eigenvalue weighted by molar-refractivity contribution is 0.659. The molecule has 6 heteroatoms. The number of thiazole rings is 1. The van der Waals surface area contributed by atoms with E-state index in [0.29, 0.717) is 12.1 Å². The normalized spacial score (nSPS) is 13.6. The van der Waals surface area contributed by atoms with Gasteiger partial charge in [-0.05, 0) is 44.2 Å². The van der Waals surface area contributed by atoms with Gasteiger partial charge in [0.1, 0.15) is 11.1 Å². The topological polar surface area (TPSA) is 58.7 Å². The van der Waals surface area contributed by atoms with Crippen molar-refractivity contribution in [3.63, 3.8) is 0 Å². The van der Waals surface area contributed by atoms with Crippen LogP contribution in [0.15, 0.2) is 21.3 Å². The minimum absolute atomic E-state index is 0.0806. The molecule has 0 spiro atoms. The Hall–Kier alpha value is -1.58. The molecule has 0 unspecified atom stereocenters. The quantitative estimate of drug-likeness (QED) is 0.808. The predicted molar refractivity (Wildman–Crippen MR) is 89.6 cm³/mol. The van der Waals surface area contributed by atoms with Gasteiger partial charge in [-0.2, -0.15) is 5.26 Å². The summed E-state index contributed by atoms with van der Waals surface area (Å²) in [7, 11) is 0. The second-order valence-corrected chi connectivity index (χ2v) is 7.31. The van der Waals surface area contributed by atoms with E-state index in [1.807, 2.05) is 18.4 Å². The van der Waals surface area contributed by atoms with Gasteiger partial charge >= 0.3 is 4.87 Å². The average Bonchev–Trinajstić information content (AvgIpc) is 2.86. The van der Waals surface area contributed by atoms with Crippen molar-refractivity contribution in [3.05, 3.63) is 43.6 Å². The third-order valence-corrected chi connectivity index (χ3v) is 5.77. The molecule has 1 aliphatic carbocycles. The summed E-state index contributed by atoms with van der Waals surface area (Å²) in [6.07, 6.45) is 4.41. The largest absolute Gasteiger partial charge is 0.307 e. The third kappa shape index (κ3) is 3.11. The Morgan fingerprint density at radius 2 is 2.27 bits per heavy atom. The van der Waals surface area contributed by atoms with Crippen LogP contribution in [0, 0.1) is 18.3 Å². The molecular formula is C16H17N3OS2. The maximum atomic E-state index is 11.7. The second-order valence-electron chi connectivity index (χ2n) is 5.41. The van der Waals surface area contributed by atoms with Crippen LogP contribution in [0.3, 0.4) is 0 Å². The number of aromatic nitrogens is 2. The highest BCUT2D eigenvalue weighted by Gasteiger charge is 2.15. The zero-order chi connectivity index (χ0) is 15.5. The van der Waals surface area contributed by atoms with Crippen LogP contribution in [0.2, 0.25) is 0 Å². The lowest BCUT2D eigenvalue weighted by atomic mass is 9.95. The molecule has 3 rings (SSSR count). The van der Waals surface area contributed by atoms with Gasteiger partial charge in [-0.3, -0.25) is 4.79 Å². The molecule has 0 saturated heterocycles. The smallest absolute Gasteiger partial charge is 0.303 e. The number of aryl methyl sites for hydroxylation is 3. The molecule has 2 aromatic rings. The van der Waals surface area contributed by atoms with Crippen LogP contribution in [-0.2, 0) is 19.4 Å². The van der Waals surface area contributed by atoms with E-state index >= 15 is 0 Å². The maximum Gasteiger partial charge on any atom is 0.307 e. The Kier molecular flexibility index (Phi) is 4.65. The molecule has 0 aromatic carbocycles. The van der Waals surface area contributed by atoms with Crippen LogP contribution in [0.4, 0.5) is 0 Å². The number of pyridine rings is 1. The second kappa shape index (κ2) is 6.67. The average molecular weight is 331 g/mol. The van der Waals surface area contributed by atoms with Crippen LogP contribution in [-0.4, -0.2) is 15.3 Å². The minimum Gasteiger partial charge on any atom is -0.303 e. The Morgan fingerprint density at radius 3 is 3.00 bits per heavy atom. The molecule has 0 fully saturated rings. The first kappa shape index (κ1) is 15.3. The van der Waals surface area contributed by atoms with Crippen molar-refractivity contribution in [1.29, 1.82) is 5.26 Å². The minimum atomic E-state index is 0.0806. The number of hydrogen-bond acceptors (Lipinski definition) is 5. The summed E-state index contributed by atoms with van der Waals surface area (Å²) < 4.78 is 1.78. The van der Waals surface area contributed by atoms with Gasteiger partial charge in [0.05, 0.1) is 5.56 Å². The summed E-state index contributed by atoms with van der Waals surface area (Å²) in [5.74, 6) is 0.748. The zero-order valence-corrected chi connectivity index (χ0v) is 14.1. The van der Waals surface area contributed by atoms with Gasteiger partial charge in [0.15, 0.2) is 0 Å². The van der Waals surface area contributed by atoms with Crippen LogP contribution < -0.4 is 4.87 Å². The molecule has 114 valence electrons. The summed E-state index contributed by atoms with van der Waals surface area (Å²) in [6, 6.07) is 4.27. The first-order valence-electron chi connectivity index (χ1n) is 7.39. The van der Waals surface area contributed by atoms with E-state index in [-0.39, 0.29) is 4.87 Å². The first-order chi connectivity index (χ1) is 10.7. The molecule has 0 radical (unpaired) electrons. The van der Waals surface area contributed by atoms with Crippen molar-refractivity contribution in [2.24, 2.45) is 0 Å². The number of rotatable bonds is 4. The zero-order valence-electron chi connectivity index (χ0n) is 12.5. The molecule has 1 aliphatic rings. The molecule has 22 heavy (non-hydrogen) atoms. The van der Waals surface area contributed by atoms with Crippen molar-refractivity contribution >= 4 is 23.1 Å². The molecule has 0 atom stereocenters. The molecule has 0 bridgehead atoms. The van der Waals surface area contributed by atoms with E-state index in [0.717, 1.165) is 35.0 Å². The highest BCUT2D eigenvalue weighted by molar-refractivity contribution is 7.99. The Morgan fingerprint density at radius 1 is 1.45 bits per heavy atom. The van der Waals surface area contributed by atoms with Gasteiger partial charge in [-0.1, -0.05) is 11.3 Å². The number of nitrogens with zero attached hydrogens (tertiary/aromatic N) is 3. The van der Waals surface area contributed by atoms with Gasteiger partial charge in [-0.15, -0.1) is 11.8 Å². The summed E-state index contributed by atoms with van der Waals surface area (Å²) in [4.78, 5) is 16.5. The first-order valence-corrected chi connectivity index (χ1v) is 9.26. The van der Waals surface area contributed by atoms with Crippen molar-refractivity contribution in [3.8, 4) is 6.07 Å². The van der Waals surface area contributed by atoms with Crippen LogP contribution in [0.1, 0.15) is 35.4 Å². The monoisotopic (exact) mass is 331 g/mol. The van der Waals surface area contributed by atoms with Gasteiger partial charge < -0.3 is 4.57 Å². The molecule has 0 aliphatic heterocycles. The highest BCUT2D eigenvalue weighted by Crippen LogP contribution is 2.27. The van der Waals surface area contributed by atoms with Gasteiger partial charge in [0.25, 0.3) is 0 Å². The Bertz CT molecular complexity index is 786. The summed E-state index contributed by atoms with van der Waals surface area (Å²) >= 11 is 2.81. The highest BCUT2D eigenvalue weighted by atomic mass is 32.2. The van der Waals surface area contributed by atoms with Gasteiger partial charge in [0, 0.05) is 29.1 Å². The molecule has 0 N–H and O–H groups in total. The van der Waals surface area contributed by atoms with Crippen molar-refractivity contribution < 1.29 is 0 Å². The Balaban J connectivity index is 1.75. The van der Waals surface area contributed by atoms with Crippen LogP contribution in [0.5, 0.6) is 0 Å². The van der Waals surface area contributed by atoms with E-state index in [4.69, 9.17) is 4.98 Å². The fraction of sp³-hybridized carbons (Fsp3) is 0.438. The fourth-order valence-electron chi connectivity index (χ4n) is 2.71. The fourth-order valence-corrected chi connectivity index (χ4v) is 4.38. The van der Waals surface area contributed by atoms with Crippen molar-refractivity contribution in [2.45, 2.75) is 44.2 Å². The number of nitriles is 1. The van der Waals surface area contributed by atoms with Crippen LogP contribution >= 0.6 is 23.1 Å². The lowest BCUT2D eigenvalue weighted by Gasteiger charge is -2.16. The number of thioether (sulfide) groups is 1. The summed E-state index contributed by atoms with van der Waals surface area (Å²) in [6.45, 7) is 2.60. The van der Waals surface area contributed by atoms with Gasteiger partial charge in [0.2, 0.25) is 0 Å². The summed E-state index contributed by atoms with van der Waals surface area (Å²) in [5.41, 5.74) is 4.04. The maximum absolute atomic E-state index is 11.7. The van der Waals surface area contributed by atoms with E-state index in [2.05, 4.69) is 6.07 Å². The van der Waals surface area contributed by atoms with Crippen LogP contribution in [0.25, 0.3) is 0 Å². The van der Waals surface area contributed by atoms with Crippen molar-refractivity contribution in [2.75, 3.05) is 5.75 Å². The molecular weight excluding hydrogens is 314 g/mol. The number of fused-ring (bicyclic) bond motifs is 1. The Labute approximate surface area is 137 Å². The summed E-state index contributed by atoms with van der Waals surface area (Å²) in [5, 5.41) is 12.0. The SMILES string of the molecule is Cc1csc(=O)n1CCSc1nc2c(cc1C#N)CCCC2. The van der Waals surface area contributed by atoms with Gasteiger partial charge in [-0.25, -0.2) is 4.98 Å². The standard InChI is InChI=1S/C16H17N3OS2/c1-11-10-22-16(20)19(11)6-7-21-15-13(9-17)8-12-4-2-3-5-14(12)18-15/h8,10H,2-7H2,1H3. The predicted octanol–water partition coefficient (Wildman–Crippen LogP) is 3.16.